The molecule has 2 fully saturated rings. The molecule has 2 aromatic rings. The number of nitrogens with zero attached hydrogens (tertiary/aromatic N) is 5. The number of hydrazine groups is 1. The van der Waals surface area contributed by atoms with Crippen LogP contribution in [0.4, 0.5) is 10.2 Å². The number of hydrogen-bond acceptors (Lipinski definition) is 19. The van der Waals surface area contributed by atoms with Gasteiger partial charge in [-0.15, -0.1) is 4.41 Å². The van der Waals surface area contributed by atoms with Crippen LogP contribution >= 0.6 is 27.1 Å². The number of anilines is 1. The van der Waals surface area contributed by atoms with E-state index in [1.807, 2.05) is 0 Å². The van der Waals surface area contributed by atoms with E-state index in [-0.39, 0.29) is 22.7 Å². The van der Waals surface area contributed by atoms with Gasteiger partial charge in [-0.3, -0.25) is 9.36 Å². The lowest BCUT2D eigenvalue weighted by Gasteiger charge is -2.32. The van der Waals surface area contributed by atoms with E-state index in [9.17, 15) is 43.4 Å². The van der Waals surface area contributed by atoms with Gasteiger partial charge < -0.3 is 69.7 Å². The zero-order valence-electron chi connectivity index (χ0n) is 21.6. The average molecular weight is 670 g/mol. The van der Waals surface area contributed by atoms with Gasteiger partial charge in [0.05, 0.1) is 25.4 Å². The highest BCUT2D eigenvalue weighted by Crippen LogP contribution is 2.54. The molecular weight excluding hydrogens is 645 g/mol. The van der Waals surface area contributed by atoms with Gasteiger partial charge in [-0.1, -0.05) is 0 Å². The number of rotatable bonds is 11. The van der Waals surface area contributed by atoms with E-state index in [1.54, 1.807) is 0 Å². The van der Waals surface area contributed by atoms with Gasteiger partial charge in [0, 0.05) is 5.41 Å². The smallest absolute Gasteiger partial charge is 0.266 e. The number of fused-ring (bicyclic) bond motifs is 1. The summed E-state index contributed by atoms with van der Waals surface area (Å²) >= 11 is 0.876. The summed E-state index contributed by atoms with van der Waals surface area (Å²) in [4.78, 5) is 47.8. The molecule has 0 bridgehead atoms. The summed E-state index contributed by atoms with van der Waals surface area (Å²) in [6.45, 7) is -1.82. The van der Waals surface area contributed by atoms with Gasteiger partial charge >= 0.3 is 0 Å². The van der Waals surface area contributed by atoms with Gasteiger partial charge in [0.1, 0.15) is 63.3 Å². The molecule has 43 heavy (non-hydrogen) atoms. The molecule has 8 N–H and O–H groups in total. The summed E-state index contributed by atoms with van der Waals surface area (Å²) in [6, 6.07) is 0. The molecule has 6 unspecified atom stereocenters. The molecule has 24 heteroatoms. The Bertz CT molecular complexity index is 1500. The molecule has 5 rings (SSSR count). The number of nitrogen functional groups attached to an aromatic ring is 1. The maximum atomic E-state index is 14.9. The summed E-state index contributed by atoms with van der Waals surface area (Å²) in [5.41, 5.74) is 13.6. The molecule has 20 nitrogen and oxygen atoms in total. The number of aromatic nitrogens is 4. The number of carbonyl (C=O) groups is 1. The van der Waals surface area contributed by atoms with Crippen LogP contribution < -0.4 is 26.7 Å². The van der Waals surface area contributed by atoms with Crippen molar-refractivity contribution >= 4 is 50.0 Å². The van der Waals surface area contributed by atoms with Crippen LogP contribution in [-0.2, 0) is 32.4 Å². The number of nitrogens with one attached hydrogen (secondary N) is 1. The Hall–Kier alpha value is -2.30. The van der Waals surface area contributed by atoms with Crippen LogP contribution in [0.3, 0.4) is 0 Å². The van der Waals surface area contributed by atoms with Crippen LogP contribution in [0.2, 0.25) is 0 Å². The fourth-order valence-corrected chi connectivity index (χ4v) is 8.30. The number of imidazole rings is 1. The van der Waals surface area contributed by atoms with Crippen molar-refractivity contribution < 1.29 is 61.9 Å². The minimum Gasteiger partial charge on any atom is -0.778 e. The predicted molar refractivity (Wildman–Crippen MR) is 137 cm³/mol. The van der Waals surface area contributed by atoms with Crippen molar-refractivity contribution in [2.75, 3.05) is 24.9 Å². The van der Waals surface area contributed by atoms with E-state index in [1.165, 1.54) is 5.41 Å². The second-order valence-corrected chi connectivity index (χ2v) is 14.5. The molecule has 0 aromatic carbocycles. The molecule has 0 spiro atoms. The summed E-state index contributed by atoms with van der Waals surface area (Å²) in [5.74, 6) is -2.43. The van der Waals surface area contributed by atoms with Crippen molar-refractivity contribution in [1.29, 1.82) is 0 Å². The van der Waals surface area contributed by atoms with Crippen LogP contribution in [0.25, 0.3) is 11.2 Å². The van der Waals surface area contributed by atoms with E-state index in [2.05, 4.69) is 20.4 Å². The van der Waals surface area contributed by atoms with E-state index >= 15 is 0 Å². The van der Waals surface area contributed by atoms with Crippen LogP contribution in [0, 0.1) is 0 Å². The number of ether oxygens (including phenoxy) is 2. The molecule has 3 aliphatic heterocycles. The second-order valence-electron chi connectivity index (χ2n) is 9.52. The Morgan fingerprint density at radius 1 is 1.07 bits per heavy atom. The van der Waals surface area contributed by atoms with Crippen molar-refractivity contribution in [3.05, 3.63) is 23.8 Å². The van der Waals surface area contributed by atoms with Gasteiger partial charge in [0.25, 0.3) is 5.91 Å². The fraction of sp³-hybridized carbons (Fsp3) is 0.579. The lowest BCUT2D eigenvalue weighted by Crippen LogP contribution is -2.46. The number of aliphatic hydroxyl groups excluding tert-OH is 3. The highest BCUT2D eigenvalue weighted by atomic mass is 32.2. The zero-order chi connectivity index (χ0) is 31.3. The fourth-order valence-electron chi connectivity index (χ4n) is 4.37. The molecule has 2 saturated heterocycles. The Labute approximate surface area is 244 Å². The second kappa shape index (κ2) is 12.2. The molecular formula is C19H25FN8O12P2S-2. The third-order valence-electron chi connectivity index (χ3n) is 6.52. The Morgan fingerprint density at radius 3 is 2.33 bits per heavy atom. The maximum Gasteiger partial charge on any atom is 0.266 e. The monoisotopic (exact) mass is 670 g/mol. The van der Waals surface area contributed by atoms with Gasteiger partial charge in [-0.05, 0) is 11.9 Å². The van der Waals surface area contributed by atoms with Crippen molar-refractivity contribution in [2.45, 2.75) is 49.1 Å². The van der Waals surface area contributed by atoms with Crippen LogP contribution in [-0.4, -0.2) is 107 Å². The summed E-state index contributed by atoms with van der Waals surface area (Å²) in [7, 11) is -10.4. The van der Waals surface area contributed by atoms with E-state index < -0.39 is 89.4 Å². The number of aliphatic hydroxyl groups is 3. The summed E-state index contributed by atoms with van der Waals surface area (Å²) in [5, 5.41) is 32.1. The molecule has 5 heterocycles. The Morgan fingerprint density at radius 2 is 1.70 bits per heavy atom. The average Bonchev–Trinajstić information content (AvgIpc) is 3.70. The van der Waals surface area contributed by atoms with Crippen molar-refractivity contribution in [3.63, 3.8) is 0 Å². The molecule has 1 amide bonds. The summed E-state index contributed by atoms with van der Waals surface area (Å²) in [6.07, 6.45) is -10.6. The lowest BCUT2D eigenvalue weighted by molar-refractivity contribution is -0.210. The first kappa shape index (κ1) is 32.1. The quantitative estimate of drug-likeness (QED) is 0.0991. The van der Waals surface area contributed by atoms with E-state index in [4.69, 9.17) is 30.0 Å². The molecule has 0 aliphatic carbocycles. The summed E-state index contributed by atoms with van der Waals surface area (Å²) < 4.78 is 62.3. The molecule has 3 aliphatic rings. The minimum absolute atomic E-state index is 0.0119. The van der Waals surface area contributed by atoms with Crippen molar-refractivity contribution in [2.24, 2.45) is 5.73 Å². The van der Waals surface area contributed by atoms with Crippen LogP contribution in [0.1, 0.15) is 6.23 Å². The normalized spacial score (nSPS) is 34.1. The van der Waals surface area contributed by atoms with Crippen LogP contribution in [0.15, 0.2) is 23.8 Å². The highest BCUT2D eigenvalue weighted by molar-refractivity contribution is 8.00. The van der Waals surface area contributed by atoms with Gasteiger partial charge in [-0.25, -0.2) is 19.3 Å². The van der Waals surface area contributed by atoms with Crippen LogP contribution in [0.5, 0.6) is 0 Å². The van der Waals surface area contributed by atoms with Crippen molar-refractivity contribution in [1.82, 2.24) is 29.4 Å². The number of alkyl halides is 1. The number of hydrogen-bond donors (Lipinski definition) is 6. The zero-order valence-corrected chi connectivity index (χ0v) is 24.2. The van der Waals surface area contributed by atoms with E-state index in [0.29, 0.717) is 0 Å². The van der Waals surface area contributed by atoms with Crippen molar-refractivity contribution in [3.8, 4) is 0 Å². The Balaban J connectivity index is 1.13. The first-order valence-electron chi connectivity index (χ1n) is 12.2. The third-order valence-corrected chi connectivity index (χ3v) is 11.2. The van der Waals surface area contributed by atoms with E-state index in [0.717, 1.165) is 33.6 Å². The number of carbonyl (C=O) groups excluding carboxylic acids is 1. The molecule has 0 radical (unpaired) electrons. The standard InChI is InChI=1S/C19H27FN8O12P2S/c20-10-12(29)8(39-18(10)27-5-25-11-15(21)23-4-24-17(11)27)1-37-41(33,34)6-42(35,36)38-2-9-13(30)14(31)19(40-9)28-26-7(3-43-28)16(22)32/h3-5,8-10,12-14,18-19,26,29-31H,1-2,6H2,(H2,22,32)(H,33,34)(H,35,36)(H2,21,23,24)/p-2/t8?,9-,10?,12?,13-,14-,18?,19-/m1/s1. The minimum atomic E-state index is -5.22. The Kier molecular flexibility index (Phi) is 9.14. The largest absolute Gasteiger partial charge is 0.778 e. The number of nitrogens with two attached hydrogens (primary N) is 2. The number of primary amides is 1. The molecule has 10 atom stereocenters. The first-order chi connectivity index (χ1) is 20.2. The lowest BCUT2D eigenvalue weighted by atomic mass is 10.1. The highest BCUT2D eigenvalue weighted by Gasteiger charge is 2.48. The SMILES string of the molecule is NC(=O)C1=CSN([C@@H]2O[C@H](COP(=O)([O-])CP(=O)([O-])OCC3OC(n4cnc5c(N)ncnc54)C(F)C3O)[C@@H](O)[C@H]2O)N1. The third kappa shape index (κ3) is 6.71. The predicted octanol–water partition coefficient (Wildman–Crippen LogP) is -3.66. The maximum absolute atomic E-state index is 14.9. The number of amides is 1. The molecule has 2 aromatic heterocycles. The molecule has 0 saturated carbocycles. The first-order valence-corrected chi connectivity index (χ1v) is 16.5. The topological polar surface area (TPSA) is 306 Å². The van der Waals surface area contributed by atoms with Gasteiger partial charge in [0.2, 0.25) is 0 Å². The van der Waals surface area contributed by atoms with Gasteiger partial charge in [-0.2, -0.15) is 0 Å². The van der Waals surface area contributed by atoms with Gasteiger partial charge in [0.15, 0.2) is 30.1 Å². The molecule has 238 valence electrons. The number of halogens is 1.